The third-order valence-electron chi connectivity index (χ3n) is 6.06. The van der Waals surface area contributed by atoms with Gasteiger partial charge in [0, 0.05) is 7.11 Å². The smallest absolute Gasteiger partial charge is 0.311 e. The second kappa shape index (κ2) is 6.05. The van der Waals surface area contributed by atoms with Gasteiger partial charge in [0.25, 0.3) is 0 Å². The van der Waals surface area contributed by atoms with E-state index in [1.165, 1.54) is 25.7 Å². The summed E-state index contributed by atoms with van der Waals surface area (Å²) in [6.07, 6.45) is 7.82. The Hall–Kier alpha value is -0.570. The van der Waals surface area contributed by atoms with Gasteiger partial charge in [-0.25, -0.2) is 0 Å². The van der Waals surface area contributed by atoms with Crippen molar-refractivity contribution in [3.05, 3.63) is 0 Å². The molecule has 0 amide bonds. The van der Waals surface area contributed by atoms with E-state index in [4.69, 9.17) is 9.84 Å². The molecule has 5 atom stereocenters. The first kappa shape index (κ1) is 15.8. The highest BCUT2D eigenvalue weighted by atomic mass is 16.5. The average molecular weight is 282 g/mol. The molecule has 0 saturated heterocycles. The van der Waals surface area contributed by atoms with Crippen LogP contribution in [0.3, 0.4) is 0 Å². The summed E-state index contributed by atoms with van der Waals surface area (Å²) in [7, 11) is 1.00. The molecular formula is C17H30O3. The van der Waals surface area contributed by atoms with E-state index in [9.17, 15) is 4.79 Å². The van der Waals surface area contributed by atoms with Crippen LogP contribution in [-0.4, -0.2) is 24.3 Å². The molecule has 116 valence electrons. The number of fused-ring (bicyclic) bond motifs is 5. The molecule has 2 bridgehead atoms. The molecule has 0 radical (unpaired) electrons. The SMILES string of the molecule is CCC(C)(C)C(=O)OC1CC2CC1C1CCCC21.CO. The third kappa shape index (κ3) is 2.61. The van der Waals surface area contributed by atoms with E-state index >= 15 is 0 Å². The van der Waals surface area contributed by atoms with Crippen LogP contribution in [-0.2, 0) is 9.53 Å². The number of aliphatic hydroxyl groups excluding tert-OH is 1. The monoisotopic (exact) mass is 282 g/mol. The second-order valence-electron chi connectivity index (χ2n) is 7.34. The lowest BCUT2D eigenvalue weighted by molar-refractivity contribution is -0.163. The van der Waals surface area contributed by atoms with Crippen molar-refractivity contribution in [1.82, 2.24) is 0 Å². The summed E-state index contributed by atoms with van der Waals surface area (Å²) < 4.78 is 5.87. The van der Waals surface area contributed by atoms with Crippen molar-refractivity contribution >= 4 is 5.97 Å². The zero-order chi connectivity index (χ0) is 14.9. The number of esters is 1. The van der Waals surface area contributed by atoms with Gasteiger partial charge in [0.2, 0.25) is 0 Å². The maximum absolute atomic E-state index is 12.2. The van der Waals surface area contributed by atoms with E-state index in [1.807, 2.05) is 13.8 Å². The van der Waals surface area contributed by atoms with Crippen molar-refractivity contribution in [2.24, 2.45) is 29.1 Å². The molecule has 3 heteroatoms. The molecule has 3 aliphatic rings. The van der Waals surface area contributed by atoms with Gasteiger partial charge in [-0.05, 0) is 69.6 Å². The van der Waals surface area contributed by atoms with Crippen LogP contribution < -0.4 is 0 Å². The van der Waals surface area contributed by atoms with Crippen LogP contribution in [0, 0.1) is 29.1 Å². The molecule has 0 aromatic carbocycles. The first-order chi connectivity index (χ1) is 9.53. The first-order valence-corrected chi connectivity index (χ1v) is 8.18. The zero-order valence-electron chi connectivity index (χ0n) is 13.4. The summed E-state index contributed by atoms with van der Waals surface area (Å²) in [5.74, 6) is 3.44. The Balaban J connectivity index is 0.000000704. The number of hydrogen-bond acceptors (Lipinski definition) is 3. The highest BCUT2D eigenvalue weighted by molar-refractivity contribution is 5.76. The normalized spacial score (nSPS) is 38.1. The molecule has 3 saturated carbocycles. The van der Waals surface area contributed by atoms with E-state index in [0.29, 0.717) is 5.92 Å². The van der Waals surface area contributed by atoms with Crippen LogP contribution >= 0.6 is 0 Å². The molecule has 3 rings (SSSR count). The molecule has 3 nitrogen and oxygen atoms in total. The minimum Gasteiger partial charge on any atom is -0.462 e. The highest BCUT2D eigenvalue weighted by Gasteiger charge is 2.55. The van der Waals surface area contributed by atoms with Crippen molar-refractivity contribution in [3.8, 4) is 0 Å². The van der Waals surface area contributed by atoms with Gasteiger partial charge in [-0.2, -0.15) is 0 Å². The van der Waals surface area contributed by atoms with Gasteiger partial charge in [0.1, 0.15) is 6.10 Å². The standard InChI is InChI=1S/C16H26O2.CH4O/c1-4-16(2,3)15(17)18-14-9-10-8-13(14)12-7-5-6-11(10)12;1-2/h10-14H,4-9H2,1-3H3;2H,1H3. The number of ether oxygens (including phenoxy) is 1. The average Bonchev–Trinajstić information content (AvgIpc) is 3.12. The van der Waals surface area contributed by atoms with Crippen molar-refractivity contribution in [2.75, 3.05) is 7.11 Å². The predicted octanol–water partition coefficient (Wildman–Crippen LogP) is 3.40. The third-order valence-corrected chi connectivity index (χ3v) is 6.06. The predicted molar refractivity (Wildman–Crippen MR) is 79.1 cm³/mol. The maximum Gasteiger partial charge on any atom is 0.311 e. The number of hydrogen-bond donors (Lipinski definition) is 1. The molecule has 0 heterocycles. The lowest BCUT2D eigenvalue weighted by Crippen LogP contribution is -2.36. The van der Waals surface area contributed by atoms with Crippen molar-refractivity contribution in [2.45, 2.75) is 65.4 Å². The lowest BCUT2D eigenvalue weighted by atomic mass is 9.80. The molecular weight excluding hydrogens is 252 g/mol. The van der Waals surface area contributed by atoms with Gasteiger partial charge in [0.05, 0.1) is 5.41 Å². The summed E-state index contributed by atoms with van der Waals surface area (Å²) in [5.41, 5.74) is -0.309. The molecule has 3 fully saturated rings. The molecule has 3 aliphatic carbocycles. The number of aliphatic hydroxyl groups is 1. The summed E-state index contributed by atoms with van der Waals surface area (Å²) in [4.78, 5) is 12.2. The van der Waals surface area contributed by atoms with Crippen LogP contribution in [0.1, 0.15) is 59.3 Å². The topological polar surface area (TPSA) is 46.5 Å². The van der Waals surface area contributed by atoms with Crippen LogP contribution in [0.4, 0.5) is 0 Å². The van der Waals surface area contributed by atoms with E-state index < -0.39 is 0 Å². The van der Waals surface area contributed by atoms with Gasteiger partial charge in [-0.3, -0.25) is 4.79 Å². The summed E-state index contributed by atoms with van der Waals surface area (Å²) >= 11 is 0. The molecule has 20 heavy (non-hydrogen) atoms. The summed E-state index contributed by atoms with van der Waals surface area (Å²) in [5, 5.41) is 7.00. The fraction of sp³-hybridized carbons (Fsp3) is 0.941. The van der Waals surface area contributed by atoms with Crippen molar-refractivity contribution in [3.63, 3.8) is 0 Å². The fourth-order valence-corrected chi connectivity index (χ4v) is 4.58. The van der Waals surface area contributed by atoms with Crippen LogP contribution in [0.5, 0.6) is 0 Å². The Morgan fingerprint density at radius 3 is 2.45 bits per heavy atom. The fourth-order valence-electron chi connectivity index (χ4n) is 4.58. The number of carbonyl (C=O) groups is 1. The highest BCUT2D eigenvalue weighted by Crippen LogP contribution is 2.59. The molecule has 0 aromatic heterocycles. The molecule has 0 aliphatic heterocycles. The molecule has 0 aromatic rings. The van der Waals surface area contributed by atoms with E-state index in [2.05, 4.69) is 6.92 Å². The minimum absolute atomic E-state index is 0.0251. The Morgan fingerprint density at radius 2 is 1.80 bits per heavy atom. The lowest BCUT2D eigenvalue weighted by Gasteiger charge is -2.33. The van der Waals surface area contributed by atoms with Crippen molar-refractivity contribution < 1.29 is 14.6 Å². The number of rotatable bonds is 3. The zero-order valence-corrected chi connectivity index (χ0v) is 13.4. The van der Waals surface area contributed by atoms with Gasteiger partial charge >= 0.3 is 5.97 Å². The molecule has 1 N–H and O–H groups in total. The summed E-state index contributed by atoms with van der Waals surface area (Å²) in [6.45, 7) is 6.07. The van der Waals surface area contributed by atoms with Gasteiger partial charge in [-0.1, -0.05) is 13.3 Å². The maximum atomic E-state index is 12.2. The van der Waals surface area contributed by atoms with E-state index in [0.717, 1.165) is 37.7 Å². The van der Waals surface area contributed by atoms with Gasteiger partial charge < -0.3 is 9.84 Å². The Bertz CT molecular complexity index is 350. The van der Waals surface area contributed by atoms with Gasteiger partial charge in [0.15, 0.2) is 0 Å². The van der Waals surface area contributed by atoms with E-state index in [1.54, 1.807) is 0 Å². The largest absolute Gasteiger partial charge is 0.462 e. The summed E-state index contributed by atoms with van der Waals surface area (Å²) in [6, 6.07) is 0. The first-order valence-electron chi connectivity index (χ1n) is 8.18. The minimum atomic E-state index is -0.309. The Morgan fingerprint density at radius 1 is 1.15 bits per heavy atom. The van der Waals surface area contributed by atoms with E-state index in [-0.39, 0.29) is 17.5 Å². The van der Waals surface area contributed by atoms with Crippen LogP contribution in [0.2, 0.25) is 0 Å². The Labute approximate surface area is 123 Å². The molecule has 0 spiro atoms. The second-order valence-corrected chi connectivity index (χ2v) is 7.34. The van der Waals surface area contributed by atoms with Crippen LogP contribution in [0.15, 0.2) is 0 Å². The van der Waals surface area contributed by atoms with Crippen molar-refractivity contribution in [1.29, 1.82) is 0 Å². The quantitative estimate of drug-likeness (QED) is 0.807. The number of carbonyl (C=O) groups excluding carboxylic acids is 1. The molecule has 5 unspecified atom stereocenters. The Kier molecular flexibility index (Phi) is 4.78. The van der Waals surface area contributed by atoms with Gasteiger partial charge in [-0.15, -0.1) is 0 Å². The van der Waals surface area contributed by atoms with Crippen LogP contribution in [0.25, 0.3) is 0 Å².